The van der Waals surface area contributed by atoms with Gasteiger partial charge < -0.3 is 4.74 Å². The van der Waals surface area contributed by atoms with E-state index < -0.39 is 0 Å². The Morgan fingerprint density at radius 2 is 1.25 bits per heavy atom. The van der Waals surface area contributed by atoms with Crippen molar-refractivity contribution >= 4 is 0 Å². The summed E-state index contributed by atoms with van der Waals surface area (Å²) in [5, 5.41) is 0. The van der Waals surface area contributed by atoms with Gasteiger partial charge in [-0.15, -0.1) is 0 Å². The van der Waals surface area contributed by atoms with Crippen molar-refractivity contribution in [2.24, 2.45) is 11.8 Å². The summed E-state index contributed by atoms with van der Waals surface area (Å²) in [6.07, 6.45) is 22.3. The molecule has 1 aliphatic carbocycles. The van der Waals surface area contributed by atoms with E-state index in [0.717, 1.165) is 24.2 Å². The third-order valence-corrected chi connectivity index (χ3v) is 6.70. The molecule has 1 aromatic rings. The number of aryl methyl sites for hydroxylation is 1. The molecule has 0 saturated heterocycles. The summed E-state index contributed by atoms with van der Waals surface area (Å²) in [4.78, 5) is 0. The van der Waals surface area contributed by atoms with Gasteiger partial charge in [0.15, 0.2) is 0 Å². The quantitative estimate of drug-likeness (QED) is 0.274. The van der Waals surface area contributed by atoms with E-state index in [1.54, 1.807) is 0 Å². The summed E-state index contributed by atoms with van der Waals surface area (Å²) in [5.74, 6) is 3.11. The molecule has 0 spiro atoms. The smallest absolute Gasteiger partial charge is 0.119 e. The maximum Gasteiger partial charge on any atom is 0.119 e. The zero-order valence-corrected chi connectivity index (χ0v) is 18.9. The van der Waals surface area contributed by atoms with Crippen molar-refractivity contribution in [2.45, 2.75) is 117 Å². The van der Waals surface area contributed by atoms with E-state index >= 15 is 0 Å². The second-order valence-electron chi connectivity index (χ2n) is 9.18. The van der Waals surface area contributed by atoms with Crippen molar-refractivity contribution in [3.05, 3.63) is 29.8 Å². The minimum Gasteiger partial charge on any atom is -0.494 e. The van der Waals surface area contributed by atoms with Crippen LogP contribution in [0.4, 0.5) is 0 Å². The van der Waals surface area contributed by atoms with Gasteiger partial charge in [-0.05, 0) is 48.8 Å². The monoisotopic (exact) mass is 386 g/mol. The van der Waals surface area contributed by atoms with Crippen molar-refractivity contribution in [2.75, 3.05) is 6.61 Å². The zero-order chi connectivity index (χ0) is 19.9. The molecule has 0 aliphatic heterocycles. The van der Waals surface area contributed by atoms with Crippen LogP contribution in [0.5, 0.6) is 5.75 Å². The van der Waals surface area contributed by atoms with Gasteiger partial charge in [-0.2, -0.15) is 0 Å². The van der Waals surface area contributed by atoms with Crippen LogP contribution in [0.2, 0.25) is 0 Å². The Kier molecular flexibility index (Phi) is 12.4. The minimum absolute atomic E-state index is 0.861. The average molecular weight is 387 g/mol. The average Bonchev–Trinajstić information content (AvgIpc) is 2.73. The normalized spacial score (nSPS) is 19.6. The van der Waals surface area contributed by atoms with Crippen LogP contribution in [0.3, 0.4) is 0 Å². The van der Waals surface area contributed by atoms with Gasteiger partial charge in [-0.3, -0.25) is 0 Å². The Morgan fingerprint density at radius 1 is 0.679 bits per heavy atom. The van der Waals surface area contributed by atoms with Crippen LogP contribution in [0.25, 0.3) is 0 Å². The van der Waals surface area contributed by atoms with Crippen LogP contribution in [-0.4, -0.2) is 6.61 Å². The molecular weight excluding hydrogens is 340 g/mol. The SMILES string of the molecule is CCCCCCOc1ccc(CCCC[C@H]2CC[C@H](CCCCC)CC2)cc1. The maximum absolute atomic E-state index is 5.85. The molecule has 0 heterocycles. The minimum atomic E-state index is 0.861. The Labute approximate surface area is 175 Å². The second kappa shape index (κ2) is 14.9. The molecule has 1 saturated carbocycles. The topological polar surface area (TPSA) is 9.23 Å². The summed E-state index contributed by atoms with van der Waals surface area (Å²) in [6, 6.07) is 8.86. The Balaban J connectivity index is 1.50. The highest BCUT2D eigenvalue weighted by Gasteiger charge is 2.20. The number of benzene rings is 1. The van der Waals surface area contributed by atoms with Crippen LogP contribution in [-0.2, 0) is 6.42 Å². The summed E-state index contributed by atoms with van der Waals surface area (Å²) >= 11 is 0. The number of hydrogen-bond donors (Lipinski definition) is 0. The summed E-state index contributed by atoms with van der Waals surface area (Å²) in [5.41, 5.74) is 1.47. The zero-order valence-electron chi connectivity index (χ0n) is 18.9. The molecule has 0 aromatic heterocycles. The highest BCUT2D eigenvalue weighted by Crippen LogP contribution is 2.34. The molecule has 1 nitrogen and oxygen atoms in total. The lowest BCUT2D eigenvalue weighted by atomic mass is 9.78. The third-order valence-electron chi connectivity index (χ3n) is 6.70. The van der Waals surface area contributed by atoms with E-state index in [1.165, 1.54) is 108 Å². The Hall–Kier alpha value is -0.980. The molecule has 0 radical (unpaired) electrons. The first-order valence-electron chi connectivity index (χ1n) is 12.5. The fourth-order valence-electron chi connectivity index (χ4n) is 4.73. The van der Waals surface area contributed by atoms with Gasteiger partial charge in [0, 0.05) is 0 Å². The van der Waals surface area contributed by atoms with Gasteiger partial charge in [0.05, 0.1) is 6.61 Å². The van der Waals surface area contributed by atoms with Gasteiger partial charge in [0.25, 0.3) is 0 Å². The Morgan fingerprint density at radius 3 is 1.86 bits per heavy atom. The molecule has 0 bridgehead atoms. The van der Waals surface area contributed by atoms with E-state index in [0.29, 0.717) is 0 Å². The Bertz CT molecular complexity index is 470. The van der Waals surface area contributed by atoms with Crippen LogP contribution in [0, 0.1) is 11.8 Å². The van der Waals surface area contributed by atoms with E-state index in [2.05, 4.69) is 38.1 Å². The van der Waals surface area contributed by atoms with Crippen molar-refractivity contribution < 1.29 is 4.74 Å². The van der Waals surface area contributed by atoms with E-state index in [1.807, 2.05) is 0 Å². The second-order valence-corrected chi connectivity index (χ2v) is 9.18. The van der Waals surface area contributed by atoms with Crippen LogP contribution < -0.4 is 4.74 Å². The van der Waals surface area contributed by atoms with Crippen LogP contribution in [0.15, 0.2) is 24.3 Å². The standard InChI is InChI=1S/C27H46O/c1-3-5-7-11-23-28-27-21-19-26(20-22-27)14-10-9-13-25-17-15-24(16-18-25)12-8-6-4-2/h19-22,24-25H,3-18,23H2,1-2H3/t24-,25-. The van der Waals surface area contributed by atoms with Crippen molar-refractivity contribution in [1.29, 1.82) is 0 Å². The number of rotatable bonds is 15. The van der Waals surface area contributed by atoms with Gasteiger partial charge in [0.2, 0.25) is 0 Å². The molecular formula is C27H46O. The fraction of sp³-hybridized carbons (Fsp3) is 0.778. The van der Waals surface area contributed by atoms with Gasteiger partial charge >= 0.3 is 0 Å². The number of unbranched alkanes of at least 4 members (excludes halogenated alkanes) is 6. The highest BCUT2D eigenvalue weighted by molar-refractivity contribution is 5.27. The van der Waals surface area contributed by atoms with Crippen LogP contribution >= 0.6 is 0 Å². The lowest BCUT2D eigenvalue weighted by molar-refractivity contribution is 0.245. The number of ether oxygens (including phenoxy) is 1. The maximum atomic E-state index is 5.85. The van der Waals surface area contributed by atoms with E-state index in [-0.39, 0.29) is 0 Å². The molecule has 0 N–H and O–H groups in total. The van der Waals surface area contributed by atoms with Crippen LogP contribution in [0.1, 0.15) is 116 Å². The molecule has 2 rings (SSSR count). The third kappa shape index (κ3) is 9.99. The highest BCUT2D eigenvalue weighted by atomic mass is 16.5. The van der Waals surface area contributed by atoms with Crippen molar-refractivity contribution in [1.82, 2.24) is 0 Å². The van der Waals surface area contributed by atoms with Gasteiger partial charge in [-0.25, -0.2) is 0 Å². The van der Waals surface area contributed by atoms with Crippen molar-refractivity contribution in [3.63, 3.8) is 0 Å². The van der Waals surface area contributed by atoms with E-state index in [9.17, 15) is 0 Å². The van der Waals surface area contributed by atoms with E-state index in [4.69, 9.17) is 4.74 Å². The molecule has 1 fully saturated rings. The van der Waals surface area contributed by atoms with Gasteiger partial charge in [-0.1, -0.05) is 109 Å². The fourth-order valence-corrected chi connectivity index (χ4v) is 4.73. The first kappa shape index (κ1) is 23.3. The predicted molar refractivity (Wildman–Crippen MR) is 123 cm³/mol. The lowest BCUT2D eigenvalue weighted by Gasteiger charge is -2.28. The molecule has 28 heavy (non-hydrogen) atoms. The molecule has 160 valence electrons. The summed E-state index contributed by atoms with van der Waals surface area (Å²) in [6.45, 7) is 5.43. The summed E-state index contributed by atoms with van der Waals surface area (Å²) < 4.78 is 5.85. The molecule has 1 heteroatoms. The number of hydrogen-bond acceptors (Lipinski definition) is 1. The molecule has 0 amide bonds. The largest absolute Gasteiger partial charge is 0.494 e. The lowest BCUT2D eigenvalue weighted by Crippen LogP contribution is -2.14. The van der Waals surface area contributed by atoms with Crippen molar-refractivity contribution in [3.8, 4) is 5.75 Å². The van der Waals surface area contributed by atoms with Gasteiger partial charge in [0.1, 0.15) is 5.75 Å². The summed E-state index contributed by atoms with van der Waals surface area (Å²) in [7, 11) is 0. The first-order chi connectivity index (χ1) is 13.8. The molecule has 0 unspecified atom stereocenters. The first-order valence-corrected chi connectivity index (χ1v) is 12.5. The molecule has 0 atom stereocenters. The molecule has 1 aliphatic rings. The predicted octanol–water partition coefficient (Wildman–Crippen LogP) is 8.75. The molecule has 1 aromatic carbocycles.